The molecule has 0 aliphatic rings. The number of pyridine rings is 1. The predicted octanol–water partition coefficient (Wildman–Crippen LogP) is 2.45. The van der Waals surface area contributed by atoms with Crippen molar-refractivity contribution in [2.75, 3.05) is 11.9 Å². The van der Waals surface area contributed by atoms with Crippen molar-refractivity contribution >= 4 is 35.1 Å². The van der Waals surface area contributed by atoms with Crippen LogP contribution in [0.4, 0.5) is 18.9 Å². The van der Waals surface area contributed by atoms with Gasteiger partial charge in [0.2, 0.25) is 5.91 Å². The number of amides is 2. The van der Waals surface area contributed by atoms with Gasteiger partial charge in [-0.3, -0.25) is 9.59 Å². The molecular formula is C17H13ClF3N3O4. The van der Waals surface area contributed by atoms with Crippen LogP contribution in [-0.4, -0.2) is 35.4 Å². The number of hydrogen-bond acceptors (Lipinski definition) is 5. The second-order valence-corrected chi connectivity index (χ2v) is 5.79. The minimum absolute atomic E-state index is 0.0654. The van der Waals surface area contributed by atoms with Crippen LogP contribution in [0.5, 0.6) is 0 Å². The van der Waals surface area contributed by atoms with Gasteiger partial charge >= 0.3 is 5.97 Å². The Bertz CT molecular complexity index is 909. The zero-order valence-corrected chi connectivity index (χ0v) is 15.0. The SMILES string of the molecule is CC(OC(=O)c1ccc(Cl)nc1)C(=O)NCC(=O)Nc1ccc(F)c(F)c1F. The molecule has 0 fully saturated rings. The molecule has 0 spiro atoms. The number of carbonyl (C=O) groups is 3. The fraction of sp³-hybridized carbons (Fsp3) is 0.176. The molecule has 7 nitrogen and oxygen atoms in total. The van der Waals surface area contributed by atoms with Gasteiger partial charge in [-0.25, -0.2) is 22.9 Å². The quantitative estimate of drug-likeness (QED) is 0.429. The van der Waals surface area contributed by atoms with Crippen LogP contribution in [-0.2, 0) is 14.3 Å². The number of carbonyl (C=O) groups excluding carboxylic acids is 3. The molecule has 0 aliphatic heterocycles. The highest BCUT2D eigenvalue weighted by Gasteiger charge is 2.20. The van der Waals surface area contributed by atoms with E-state index in [9.17, 15) is 27.6 Å². The molecule has 11 heteroatoms. The average molecular weight is 416 g/mol. The maximum atomic E-state index is 13.5. The van der Waals surface area contributed by atoms with E-state index in [1.807, 2.05) is 5.32 Å². The van der Waals surface area contributed by atoms with Crippen molar-refractivity contribution < 1.29 is 32.3 Å². The summed E-state index contributed by atoms with van der Waals surface area (Å²) in [6, 6.07) is 4.19. The van der Waals surface area contributed by atoms with Gasteiger partial charge in [-0.1, -0.05) is 11.6 Å². The van der Waals surface area contributed by atoms with E-state index in [4.69, 9.17) is 16.3 Å². The van der Waals surface area contributed by atoms with Crippen molar-refractivity contribution in [3.05, 3.63) is 58.6 Å². The molecular weight excluding hydrogens is 403 g/mol. The number of anilines is 1. The summed E-state index contributed by atoms with van der Waals surface area (Å²) >= 11 is 5.60. The van der Waals surface area contributed by atoms with Crippen molar-refractivity contribution in [2.45, 2.75) is 13.0 Å². The van der Waals surface area contributed by atoms with Gasteiger partial charge in [0, 0.05) is 6.20 Å². The van der Waals surface area contributed by atoms with Gasteiger partial charge in [0.1, 0.15) is 5.15 Å². The van der Waals surface area contributed by atoms with Gasteiger partial charge in [0.15, 0.2) is 23.6 Å². The Hall–Kier alpha value is -3.14. The summed E-state index contributed by atoms with van der Waals surface area (Å²) in [5.74, 6) is -7.26. The van der Waals surface area contributed by atoms with E-state index < -0.39 is 53.6 Å². The lowest BCUT2D eigenvalue weighted by atomic mass is 10.2. The summed E-state index contributed by atoms with van der Waals surface area (Å²) in [4.78, 5) is 39.2. The normalized spacial score (nSPS) is 11.5. The van der Waals surface area contributed by atoms with E-state index in [-0.39, 0.29) is 10.7 Å². The molecule has 2 rings (SSSR count). The Kier molecular flexibility index (Phi) is 6.94. The molecule has 1 atom stereocenters. The minimum Gasteiger partial charge on any atom is -0.449 e. The summed E-state index contributed by atoms with van der Waals surface area (Å²) < 4.78 is 44.4. The topological polar surface area (TPSA) is 97.4 Å². The highest BCUT2D eigenvalue weighted by atomic mass is 35.5. The molecule has 2 aromatic rings. The lowest BCUT2D eigenvalue weighted by Crippen LogP contribution is -2.40. The number of nitrogens with zero attached hydrogens (tertiary/aromatic N) is 1. The van der Waals surface area contributed by atoms with E-state index in [0.717, 1.165) is 6.07 Å². The Morgan fingerprint density at radius 1 is 1.14 bits per heavy atom. The first kappa shape index (κ1) is 21.2. The van der Waals surface area contributed by atoms with Gasteiger partial charge in [-0.15, -0.1) is 0 Å². The Labute approximate surface area is 161 Å². The van der Waals surface area contributed by atoms with Gasteiger partial charge < -0.3 is 15.4 Å². The number of rotatable bonds is 6. The third-order valence-electron chi connectivity index (χ3n) is 3.35. The van der Waals surface area contributed by atoms with E-state index in [1.165, 1.54) is 25.3 Å². The smallest absolute Gasteiger partial charge is 0.340 e. The van der Waals surface area contributed by atoms with E-state index in [0.29, 0.717) is 6.07 Å². The van der Waals surface area contributed by atoms with Crippen LogP contribution in [0.2, 0.25) is 5.15 Å². The van der Waals surface area contributed by atoms with Crippen molar-refractivity contribution in [1.29, 1.82) is 0 Å². The number of halogens is 4. The van der Waals surface area contributed by atoms with Gasteiger partial charge in [0.25, 0.3) is 5.91 Å². The molecule has 28 heavy (non-hydrogen) atoms. The van der Waals surface area contributed by atoms with Crippen LogP contribution < -0.4 is 10.6 Å². The highest BCUT2D eigenvalue weighted by molar-refractivity contribution is 6.29. The van der Waals surface area contributed by atoms with Crippen LogP contribution in [0.25, 0.3) is 0 Å². The molecule has 2 amide bonds. The second-order valence-electron chi connectivity index (χ2n) is 5.41. The summed E-state index contributed by atoms with van der Waals surface area (Å²) in [6.45, 7) is 0.644. The van der Waals surface area contributed by atoms with Gasteiger partial charge in [-0.2, -0.15) is 0 Å². The summed E-state index contributed by atoms with van der Waals surface area (Å²) in [7, 11) is 0. The molecule has 1 unspecified atom stereocenters. The van der Waals surface area contributed by atoms with Crippen LogP contribution >= 0.6 is 11.6 Å². The molecule has 0 radical (unpaired) electrons. The van der Waals surface area contributed by atoms with E-state index in [1.54, 1.807) is 0 Å². The van der Waals surface area contributed by atoms with Crippen molar-refractivity contribution in [2.24, 2.45) is 0 Å². The largest absolute Gasteiger partial charge is 0.449 e. The molecule has 1 aromatic heterocycles. The summed E-state index contributed by atoms with van der Waals surface area (Å²) in [5.41, 5.74) is -0.525. The van der Waals surface area contributed by atoms with Crippen molar-refractivity contribution in [1.82, 2.24) is 10.3 Å². The second kappa shape index (κ2) is 9.18. The number of aromatic nitrogens is 1. The Morgan fingerprint density at radius 3 is 2.50 bits per heavy atom. The molecule has 0 saturated carbocycles. The predicted molar refractivity (Wildman–Crippen MR) is 92.1 cm³/mol. The third-order valence-corrected chi connectivity index (χ3v) is 3.57. The van der Waals surface area contributed by atoms with E-state index in [2.05, 4.69) is 10.3 Å². The van der Waals surface area contributed by atoms with Gasteiger partial charge in [-0.05, 0) is 31.2 Å². The van der Waals surface area contributed by atoms with Gasteiger partial charge in [0.05, 0.1) is 17.8 Å². The summed E-state index contributed by atoms with van der Waals surface area (Å²) in [5, 5.41) is 4.31. The lowest BCUT2D eigenvalue weighted by molar-refractivity contribution is -0.130. The lowest BCUT2D eigenvalue weighted by Gasteiger charge is -2.13. The van der Waals surface area contributed by atoms with Crippen LogP contribution in [0.1, 0.15) is 17.3 Å². The standard InChI is InChI=1S/C17H13ClF3N3O4/c1-8(28-17(27)9-2-5-12(18)22-6-9)16(26)23-7-13(25)24-11-4-3-10(19)14(20)15(11)21/h2-6,8H,7H2,1H3,(H,23,26)(H,24,25). The maximum absolute atomic E-state index is 13.5. The van der Waals surface area contributed by atoms with Crippen molar-refractivity contribution in [3.63, 3.8) is 0 Å². The molecule has 2 N–H and O–H groups in total. The number of hydrogen-bond donors (Lipinski definition) is 2. The average Bonchev–Trinajstić information content (AvgIpc) is 2.67. The molecule has 0 saturated heterocycles. The monoisotopic (exact) mass is 415 g/mol. The fourth-order valence-corrected chi connectivity index (χ4v) is 2.02. The zero-order chi connectivity index (χ0) is 20.8. The highest BCUT2D eigenvalue weighted by Crippen LogP contribution is 2.19. The number of ether oxygens (including phenoxy) is 1. The number of nitrogens with one attached hydrogen (secondary N) is 2. The van der Waals surface area contributed by atoms with Crippen LogP contribution in [0, 0.1) is 17.5 Å². The number of esters is 1. The molecule has 1 aromatic carbocycles. The first-order valence-electron chi connectivity index (χ1n) is 7.72. The Morgan fingerprint density at radius 2 is 1.86 bits per heavy atom. The third kappa shape index (κ3) is 5.43. The molecule has 1 heterocycles. The van der Waals surface area contributed by atoms with Crippen LogP contribution in [0.3, 0.4) is 0 Å². The maximum Gasteiger partial charge on any atom is 0.340 e. The number of benzene rings is 1. The summed E-state index contributed by atoms with van der Waals surface area (Å²) in [6.07, 6.45) is -0.0879. The molecule has 0 aliphatic carbocycles. The minimum atomic E-state index is -1.74. The zero-order valence-electron chi connectivity index (χ0n) is 14.3. The molecule has 0 bridgehead atoms. The fourth-order valence-electron chi connectivity index (χ4n) is 1.91. The Balaban J connectivity index is 1.85. The first-order chi connectivity index (χ1) is 13.2. The van der Waals surface area contributed by atoms with Crippen molar-refractivity contribution in [3.8, 4) is 0 Å². The van der Waals surface area contributed by atoms with E-state index >= 15 is 0 Å². The van der Waals surface area contributed by atoms with Crippen LogP contribution in [0.15, 0.2) is 30.5 Å². The molecule has 148 valence electrons. The first-order valence-corrected chi connectivity index (χ1v) is 8.10.